The lowest BCUT2D eigenvalue weighted by Gasteiger charge is -2.27. The van der Waals surface area contributed by atoms with Gasteiger partial charge in [-0.05, 0) is 38.6 Å². The van der Waals surface area contributed by atoms with Crippen LogP contribution in [-0.2, 0) is 4.79 Å². The Morgan fingerprint density at radius 2 is 2.00 bits per heavy atom. The van der Waals surface area contributed by atoms with Crippen molar-refractivity contribution in [1.82, 2.24) is 10.6 Å². The Bertz CT molecular complexity index is 281. The third-order valence-corrected chi connectivity index (χ3v) is 4.04. The summed E-state index contributed by atoms with van der Waals surface area (Å²) in [4.78, 5) is 11.8. The molecule has 1 saturated heterocycles. The summed E-state index contributed by atoms with van der Waals surface area (Å²) < 4.78 is 25.9. The minimum atomic E-state index is -2.55. The maximum atomic E-state index is 13.0. The van der Waals surface area contributed by atoms with E-state index in [2.05, 4.69) is 10.6 Å². The fourth-order valence-corrected chi connectivity index (χ4v) is 2.82. The molecule has 1 heterocycles. The van der Waals surface area contributed by atoms with Gasteiger partial charge in [0, 0.05) is 31.3 Å². The van der Waals surface area contributed by atoms with Crippen LogP contribution in [0.25, 0.3) is 0 Å². The number of halogens is 2. The first kappa shape index (κ1) is 13.7. The van der Waals surface area contributed by atoms with Gasteiger partial charge in [-0.15, -0.1) is 0 Å². The number of carbonyl (C=O) groups excluding carboxylic acids is 1. The number of rotatable bonds is 4. The highest BCUT2D eigenvalue weighted by atomic mass is 19.3. The molecule has 104 valence electrons. The average molecular weight is 260 g/mol. The van der Waals surface area contributed by atoms with Crippen molar-refractivity contribution in [2.24, 2.45) is 5.92 Å². The minimum Gasteiger partial charge on any atom is -0.356 e. The molecule has 2 N–H and O–H groups in total. The highest BCUT2D eigenvalue weighted by molar-refractivity contribution is 5.78. The third-order valence-electron chi connectivity index (χ3n) is 4.04. The van der Waals surface area contributed by atoms with E-state index in [9.17, 15) is 13.6 Å². The molecule has 2 rings (SSSR count). The zero-order chi connectivity index (χ0) is 13.0. The Labute approximate surface area is 107 Å². The molecule has 18 heavy (non-hydrogen) atoms. The number of amides is 1. The monoisotopic (exact) mass is 260 g/mol. The van der Waals surface area contributed by atoms with E-state index in [1.807, 2.05) is 0 Å². The van der Waals surface area contributed by atoms with Crippen molar-refractivity contribution in [2.45, 2.75) is 56.9 Å². The quantitative estimate of drug-likeness (QED) is 0.812. The molecule has 0 aromatic rings. The molecule has 0 aromatic carbocycles. The average Bonchev–Trinajstić information content (AvgIpc) is 2.82. The predicted octanol–water partition coefficient (Wildman–Crippen LogP) is 2.07. The van der Waals surface area contributed by atoms with E-state index >= 15 is 0 Å². The summed E-state index contributed by atoms with van der Waals surface area (Å²) >= 11 is 0. The molecule has 1 saturated carbocycles. The van der Waals surface area contributed by atoms with Gasteiger partial charge >= 0.3 is 0 Å². The third kappa shape index (κ3) is 3.90. The Morgan fingerprint density at radius 3 is 2.61 bits per heavy atom. The van der Waals surface area contributed by atoms with E-state index in [1.165, 1.54) is 12.8 Å². The van der Waals surface area contributed by atoms with Crippen LogP contribution in [0.3, 0.4) is 0 Å². The largest absolute Gasteiger partial charge is 0.356 e. The SMILES string of the molecule is O=C(NCC[C@@H]1CCCN1)C1CCC(F)(F)CC1. The van der Waals surface area contributed by atoms with Crippen LogP contribution in [0.4, 0.5) is 8.78 Å². The standard InChI is InChI=1S/C13H22F2N2O/c14-13(15)6-3-10(4-7-13)12(18)17-9-5-11-2-1-8-16-11/h10-11,16H,1-9H2,(H,17,18)/t11-/m0/s1. The van der Waals surface area contributed by atoms with Crippen molar-refractivity contribution in [2.75, 3.05) is 13.1 Å². The number of hydrogen-bond donors (Lipinski definition) is 2. The molecule has 1 atom stereocenters. The van der Waals surface area contributed by atoms with E-state index in [-0.39, 0.29) is 24.7 Å². The van der Waals surface area contributed by atoms with Gasteiger partial charge in [0.25, 0.3) is 0 Å². The van der Waals surface area contributed by atoms with Crippen molar-refractivity contribution in [3.05, 3.63) is 0 Å². The maximum absolute atomic E-state index is 13.0. The van der Waals surface area contributed by atoms with Gasteiger partial charge in [-0.25, -0.2) is 8.78 Å². The van der Waals surface area contributed by atoms with Gasteiger partial charge in [0.15, 0.2) is 0 Å². The zero-order valence-electron chi connectivity index (χ0n) is 10.7. The van der Waals surface area contributed by atoms with Crippen LogP contribution < -0.4 is 10.6 Å². The van der Waals surface area contributed by atoms with Gasteiger partial charge in [0.05, 0.1) is 0 Å². The zero-order valence-corrected chi connectivity index (χ0v) is 10.7. The van der Waals surface area contributed by atoms with E-state index in [0.717, 1.165) is 13.0 Å². The van der Waals surface area contributed by atoms with Gasteiger partial charge in [-0.2, -0.15) is 0 Å². The molecular weight excluding hydrogens is 238 g/mol. The molecule has 1 amide bonds. The first-order valence-corrected chi connectivity index (χ1v) is 6.96. The second-order valence-electron chi connectivity index (χ2n) is 5.50. The van der Waals surface area contributed by atoms with Gasteiger partial charge in [0.1, 0.15) is 0 Å². The molecule has 5 heteroatoms. The Hall–Kier alpha value is -0.710. The fraction of sp³-hybridized carbons (Fsp3) is 0.923. The molecule has 3 nitrogen and oxygen atoms in total. The van der Waals surface area contributed by atoms with Crippen molar-refractivity contribution < 1.29 is 13.6 Å². The lowest BCUT2D eigenvalue weighted by molar-refractivity contribution is -0.129. The van der Waals surface area contributed by atoms with Crippen LogP contribution in [0.5, 0.6) is 0 Å². The number of alkyl halides is 2. The molecular formula is C13H22F2N2O. The molecule has 1 aliphatic heterocycles. The molecule has 1 aliphatic carbocycles. The molecule has 0 spiro atoms. The summed E-state index contributed by atoms with van der Waals surface area (Å²) in [5, 5.41) is 6.25. The summed E-state index contributed by atoms with van der Waals surface area (Å²) in [6, 6.07) is 0.515. The van der Waals surface area contributed by atoms with Crippen LogP contribution in [0.15, 0.2) is 0 Å². The normalized spacial score (nSPS) is 28.2. The lowest BCUT2D eigenvalue weighted by Crippen LogP contribution is -2.37. The molecule has 0 unspecified atom stereocenters. The van der Waals surface area contributed by atoms with Crippen LogP contribution >= 0.6 is 0 Å². The number of nitrogens with one attached hydrogen (secondary N) is 2. The van der Waals surface area contributed by atoms with Gasteiger partial charge < -0.3 is 10.6 Å². The molecule has 0 aromatic heterocycles. The molecule has 0 radical (unpaired) electrons. The van der Waals surface area contributed by atoms with Crippen molar-refractivity contribution in [1.29, 1.82) is 0 Å². The fourth-order valence-electron chi connectivity index (χ4n) is 2.82. The van der Waals surface area contributed by atoms with Crippen LogP contribution in [-0.4, -0.2) is 31.0 Å². The molecule has 0 bridgehead atoms. The topological polar surface area (TPSA) is 41.1 Å². The summed E-state index contributed by atoms with van der Waals surface area (Å²) in [6.07, 6.45) is 3.67. The number of carbonyl (C=O) groups is 1. The smallest absolute Gasteiger partial charge is 0.248 e. The second-order valence-corrected chi connectivity index (χ2v) is 5.50. The molecule has 2 fully saturated rings. The maximum Gasteiger partial charge on any atom is 0.248 e. The Morgan fingerprint density at radius 1 is 1.28 bits per heavy atom. The van der Waals surface area contributed by atoms with E-state index in [0.29, 0.717) is 25.4 Å². The summed E-state index contributed by atoms with van der Waals surface area (Å²) in [5.41, 5.74) is 0. The van der Waals surface area contributed by atoms with Crippen LogP contribution in [0.1, 0.15) is 44.9 Å². The predicted molar refractivity (Wildman–Crippen MR) is 65.6 cm³/mol. The van der Waals surface area contributed by atoms with E-state index in [4.69, 9.17) is 0 Å². The minimum absolute atomic E-state index is 0.0384. The van der Waals surface area contributed by atoms with Gasteiger partial charge in [0.2, 0.25) is 11.8 Å². The second kappa shape index (κ2) is 5.95. The lowest BCUT2D eigenvalue weighted by atomic mass is 9.86. The molecule has 2 aliphatic rings. The highest BCUT2D eigenvalue weighted by Crippen LogP contribution is 2.36. The van der Waals surface area contributed by atoms with Gasteiger partial charge in [-0.3, -0.25) is 4.79 Å². The van der Waals surface area contributed by atoms with E-state index < -0.39 is 5.92 Å². The van der Waals surface area contributed by atoms with E-state index in [1.54, 1.807) is 0 Å². The summed E-state index contributed by atoms with van der Waals surface area (Å²) in [6.45, 7) is 1.72. The van der Waals surface area contributed by atoms with Crippen molar-refractivity contribution in [3.63, 3.8) is 0 Å². The first-order chi connectivity index (χ1) is 8.57. The van der Waals surface area contributed by atoms with Crippen molar-refractivity contribution >= 4 is 5.91 Å². The number of hydrogen-bond acceptors (Lipinski definition) is 2. The first-order valence-electron chi connectivity index (χ1n) is 6.96. The van der Waals surface area contributed by atoms with Crippen LogP contribution in [0.2, 0.25) is 0 Å². The van der Waals surface area contributed by atoms with Gasteiger partial charge in [-0.1, -0.05) is 0 Å². The Kier molecular flexibility index (Phi) is 4.54. The Balaban J connectivity index is 1.62. The van der Waals surface area contributed by atoms with Crippen LogP contribution in [0, 0.1) is 5.92 Å². The summed E-state index contributed by atoms with van der Waals surface area (Å²) in [5.74, 6) is -2.80. The summed E-state index contributed by atoms with van der Waals surface area (Å²) in [7, 11) is 0. The van der Waals surface area contributed by atoms with Crippen molar-refractivity contribution in [3.8, 4) is 0 Å². The highest BCUT2D eigenvalue weighted by Gasteiger charge is 2.37.